The Kier molecular flexibility index (Phi) is 3.86. The van der Waals surface area contributed by atoms with Gasteiger partial charge in [0.1, 0.15) is 5.82 Å². The molecule has 0 atom stereocenters. The van der Waals surface area contributed by atoms with Crippen LogP contribution in [0.2, 0.25) is 0 Å². The lowest BCUT2D eigenvalue weighted by molar-refractivity contribution is 0.257. The Labute approximate surface area is 90.2 Å². The van der Waals surface area contributed by atoms with Crippen molar-refractivity contribution in [2.75, 3.05) is 6.61 Å². The molecule has 0 radical (unpaired) electrons. The summed E-state index contributed by atoms with van der Waals surface area (Å²) in [5, 5.41) is 0. The molecule has 0 heterocycles. The zero-order valence-electron chi connectivity index (χ0n) is 7.98. The van der Waals surface area contributed by atoms with Gasteiger partial charge in [-0.05, 0) is 27.9 Å². The summed E-state index contributed by atoms with van der Waals surface area (Å²) >= 11 is 3.04. The largest absolute Gasteiger partial charge is 0.489 e. The first-order valence-corrected chi connectivity index (χ1v) is 5.07. The predicted molar refractivity (Wildman–Crippen MR) is 54.4 cm³/mol. The third kappa shape index (κ3) is 2.94. The number of hydrogen-bond acceptors (Lipinski definition) is 1. The van der Waals surface area contributed by atoms with Crippen LogP contribution in [0.15, 0.2) is 16.6 Å². The topological polar surface area (TPSA) is 9.23 Å². The van der Waals surface area contributed by atoms with Gasteiger partial charge in [-0.15, -0.1) is 0 Å². The van der Waals surface area contributed by atoms with Gasteiger partial charge in [0.05, 0.1) is 11.1 Å². The average molecular weight is 265 g/mol. The highest BCUT2D eigenvalue weighted by molar-refractivity contribution is 9.10. The number of rotatable bonds is 3. The van der Waals surface area contributed by atoms with Gasteiger partial charge in [0.2, 0.25) is 0 Å². The van der Waals surface area contributed by atoms with Crippen LogP contribution in [0.25, 0.3) is 0 Å². The van der Waals surface area contributed by atoms with Crippen LogP contribution < -0.4 is 4.74 Å². The van der Waals surface area contributed by atoms with Gasteiger partial charge in [-0.1, -0.05) is 13.8 Å². The van der Waals surface area contributed by atoms with Crippen molar-refractivity contribution in [3.63, 3.8) is 0 Å². The maximum Gasteiger partial charge on any atom is 0.169 e. The van der Waals surface area contributed by atoms with E-state index < -0.39 is 11.6 Å². The maximum absolute atomic E-state index is 13.2. The number of hydrogen-bond donors (Lipinski definition) is 0. The van der Waals surface area contributed by atoms with E-state index in [0.717, 1.165) is 6.07 Å². The molecule has 0 saturated carbocycles. The van der Waals surface area contributed by atoms with E-state index in [0.29, 0.717) is 17.0 Å². The van der Waals surface area contributed by atoms with Crippen LogP contribution >= 0.6 is 15.9 Å². The molecule has 0 aliphatic carbocycles. The fraction of sp³-hybridized carbons (Fsp3) is 0.400. The molecule has 1 nitrogen and oxygen atoms in total. The average Bonchev–Trinajstić information content (AvgIpc) is 2.01. The second-order valence-electron chi connectivity index (χ2n) is 3.40. The summed E-state index contributed by atoms with van der Waals surface area (Å²) in [4.78, 5) is 0. The van der Waals surface area contributed by atoms with Gasteiger partial charge in [-0.2, -0.15) is 0 Å². The molecule has 1 aromatic rings. The second kappa shape index (κ2) is 4.73. The van der Waals surface area contributed by atoms with Crippen molar-refractivity contribution in [2.24, 2.45) is 5.92 Å². The Balaban J connectivity index is 2.86. The minimum absolute atomic E-state index is 0.0695. The Hall–Kier alpha value is -0.640. The maximum atomic E-state index is 13.2. The van der Waals surface area contributed by atoms with Gasteiger partial charge in [-0.25, -0.2) is 8.78 Å². The third-order valence-corrected chi connectivity index (χ3v) is 2.11. The predicted octanol–water partition coefficient (Wildman–Crippen LogP) is 3.76. The Morgan fingerprint density at radius 2 is 2.00 bits per heavy atom. The summed E-state index contributed by atoms with van der Waals surface area (Å²) in [5.74, 6) is -0.935. The van der Waals surface area contributed by atoms with Crippen molar-refractivity contribution in [1.82, 2.24) is 0 Å². The minimum atomic E-state index is -0.683. The van der Waals surface area contributed by atoms with Crippen molar-refractivity contribution in [3.05, 3.63) is 28.2 Å². The first-order chi connectivity index (χ1) is 6.50. The van der Waals surface area contributed by atoms with Crippen molar-refractivity contribution < 1.29 is 13.5 Å². The molecule has 78 valence electrons. The number of benzene rings is 1. The first-order valence-electron chi connectivity index (χ1n) is 4.28. The van der Waals surface area contributed by atoms with E-state index in [1.807, 2.05) is 13.8 Å². The number of ether oxygens (including phenoxy) is 1. The Bertz CT molecular complexity index is 303. The lowest BCUT2D eigenvalue weighted by Gasteiger charge is -2.11. The Morgan fingerprint density at radius 3 is 2.50 bits per heavy atom. The van der Waals surface area contributed by atoms with E-state index in [1.165, 1.54) is 6.07 Å². The molecule has 14 heavy (non-hydrogen) atoms. The summed E-state index contributed by atoms with van der Waals surface area (Å²) in [6.07, 6.45) is 0. The summed E-state index contributed by atoms with van der Waals surface area (Å²) < 4.78 is 31.3. The van der Waals surface area contributed by atoms with Gasteiger partial charge in [-0.3, -0.25) is 0 Å². The van der Waals surface area contributed by atoms with Crippen LogP contribution in [0.1, 0.15) is 13.8 Å². The van der Waals surface area contributed by atoms with Crippen LogP contribution in [-0.4, -0.2) is 6.61 Å². The van der Waals surface area contributed by atoms with Crippen LogP contribution in [0, 0.1) is 17.6 Å². The quantitative estimate of drug-likeness (QED) is 0.808. The fourth-order valence-electron chi connectivity index (χ4n) is 0.917. The van der Waals surface area contributed by atoms with Crippen LogP contribution in [0.5, 0.6) is 5.75 Å². The molecule has 0 aliphatic rings. The summed E-state index contributed by atoms with van der Waals surface area (Å²) in [6.45, 7) is 4.31. The smallest absolute Gasteiger partial charge is 0.169 e. The van der Waals surface area contributed by atoms with Crippen molar-refractivity contribution in [1.29, 1.82) is 0 Å². The molecule has 0 bridgehead atoms. The molecule has 0 amide bonds. The van der Waals surface area contributed by atoms with Crippen LogP contribution in [0.4, 0.5) is 8.78 Å². The molecule has 1 aromatic carbocycles. The van der Waals surface area contributed by atoms with Crippen molar-refractivity contribution >= 4 is 15.9 Å². The highest BCUT2D eigenvalue weighted by Crippen LogP contribution is 2.29. The monoisotopic (exact) mass is 264 g/mol. The van der Waals surface area contributed by atoms with Crippen LogP contribution in [-0.2, 0) is 0 Å². The second-order valence-corrected chi connectivity index (χ2v) is 4.26. The molecule has 0 saturated heterocycles. The highest BCUT2D eigenvalue weighted by Gasteiger charge is 2.11. The van der Waals surface area contributed by atoms with Gasteiger partial charge >= 0.3 is 0 Å². The van der Waals surface area contributed by atoms with Gasteiger partial charge < -0.3 is 4.74 Å². The van der Waals surface area contributed by atoms with E-state index >= 15 is 0 Å². The standard InChI is InChI=1S/C10H11BrF2O/c1-6(2)5-14-10-8(11)3-7(12)4-9(10)13/h3-4,6H,5H2,1-2H3. The molecule has 0 spiro atoms. The van der Waals surface area contributed by atoms with E-state index in [1.54, 1.807) is 0 Å². The molecule has 0 aromatic heterocycles. The number of halogens is 3. The lowest BCUT2D eigenvalue weighted by atomic mass is 10.2. The Morgan fingerprint density at radius 1 is 1.36 bits per heavy atom. The van der Waals surface area contributed by atoms with E-state index in [-0.39, 0.29) is 5.75 Å². The highest BCUT2D eigenvalue weighted by atomic mass is 79.9. The molecule has 0 aliphatic heterocycles. The summed E-state index contributed by atoms with van der Waals surface area (Å²) in [5.41, 5.74) is 0. The SMILES string of the molecule is CC(C)COc1c(F)cc(F)cc1Br. The molecular weight excluding hydrogens is 254 g/mol. The minimum Gasteiger partial charge on any atom is -0.489 e. The van der Waals surface area contributed by atoms with E-state index in [9.17, 15) is 8.78 Å². The molecule has 1 rings (SSSR count). The summed E-state index contributed by atoms with van der Waals surface area (Å²) in [6, 6.07) is 1.99. The van der Waals surface area contributed by atoms with Crippen molar-refractivity contribution in [3.8, 4) is 5.75 Å². The van der Waals surface area contributed by atoms with Crippen molar-refractivity contribution in [2.45, 2.75) is 13.8 Å². The van der Waals surface area contributed by atoms with Gasteiger partial charge in [0.15, 0.2) is 11.6 Å². The zero-order chi connectivity index (χ0) is 10.7. The van der Waals surface area contributed by atoms with E-state index in [2.05, 4.69) is 15.9 Å². The van der Waals surface area contributed by atoms with E-state index in [4.69, 9.17) is 4.74 Å². The van der Waals surface area contributed by atoms with Crippen LogP contribution in [0.3, 0.4) is 0 Å². The summed E-state index contributed by atoms with van der Waals surface area (Å²) in [7, 11) is 0. The molecule has 0 N–H and O–H groups in total. The third-order valence-electron chi connectivity index (χ3n) is 1.52. The normalized spacial score (nSPS) is 10.7. The van der Waals surface area contributed by atoms with Gasteiger partial charge in [0, 0.05) is 6.07 Å². The molecular formula is C10H11BrF2O. The molecule has 0 unspecified atom stereocenters. The van der Waals surface area contributed by atoms with Gasteiger partial charge in [0.25, 0.3) is 0 Å². The fourth-order valence-corrected chi connectivity index (χ4v) is 1.44. The molecule has 0 fully saturated rings. The molecule has 4 heteroatoms. The first kappa shape index (κ1) is 11.4. The zero-order valence-corrected chi connectivity index (χ0v) is 9.57. The lowest BCUT2D eigenvalue weighted by Crippen LogP contribution is -2.06.